The quantitative estimate of drug-likeness (QED) is 0.676. The molecule has 2 aromatic heterocycles. The van der Waals surface area contributed by atoms with Crippen LogP contribution in [0.25, 0.3) is 22.8 Å². The molecule has 120 valence electrons. The third kappa shape index (κ3) is 2.32. The van der Waals surface area contributed by atoms with Crippen molar-refractivity contribution in [1.29, 1.82) is 0 Å². The van der Waals surface area contributed by atoms with Gasteiger partial charge in [0.2, 0.25) is 0 Å². The second-order valence-electron chi connectivity index (χ2n) is 5.80. The van der Waals surface area contributed by atoms with Gasteiger partial charge in [0.1, 0.15) is 5.75 Å². The zero-order valence-corrected chi connectivity index (χ0v) is 13.1. The van der Waals surface area contributed by atoms with Crippen LogP contribution < -0.4 is 5.32 Å². The van der Waals surface area contributed by atoms with Gasteiger partial charge in [0.25, 0.3) is 5.91 Å². The van der Waals surface area contributed by atoms with E-state index in [9.17, 15) is 9.90 Å². The lowest BCUT2D eigenvalue weighted by molar-refractivity contribution is 0.0946. The molecule has 3 N–H and O–H groups in total. The van der Waals surface area contributed by atoms with Gasteiger partial charge in [-0.15, -0.1) is 0 Å². The monoisotopic (exact) mass is 320 g/mol. The molecule has 0 aliphatic carbocycles. The van der Waals surface area contributed by atoms with Crippen LogP contribution in [0.1, 0.15) is 21.6 Å². The van der Waals surface area contributed by atoms with Gasteiger partial charge in [0.05, 0.1) is 17.0 Å². The van der Waals surface area contributed by atoms with Crippen LogP contribution in [-0.2, 0) is 6.42 Å². The lowest BCUT2D eigenvalue weighted by Gasteiger charge is -2.10. The highest BCUT2D eigenvalue weighted by Crippen LogP contribution is 2.28. The number of fused-ring (bicyclic) bond motifs is 1. The van der Waals surface area contributed by atoms with Crippen LogP contribution in [0.2, 0.25) is 0 Å². The molecule has 3 aromatic rings. The second kappa shape index (κ2) is 5.49. The number of H-pyrrole nitrogens is 1. The van der Waals surface area contributed by atoms with Gasteiger partial charge in [-0.05, 0) is 25.1 Å². The topological polar surface area (TPSA) is 90.9 Å². The largest absolute Gasteiger partial charge is 0.508 e. The summed E-state index contributed by atoms with van der Waals surface area (Å²) < 4.78 is 0. The highest BCUT2D eigenvalue weighted by molar-refractivity contribution is 5.97. The summed E-state index contributed by atoms with van der Waals surface area (Å²) in [6.45, 7) is 2.47. The number of hydrogen-bond acceptors (Lipinski definition) is 4. The maximum absolute atomic E-state index is 11.9. The van der Waals surface area contributed by atoms with Crippen molar-refractivity contribution in [3.8, 4) is 28.5 Å². The molecule has 0 saturated heterocycles. The number of nitrogens with one attached hydrogen (secondary N) is 2. The van der Waals surface area contributed by atoms with Crippen molar-refractivity contribution in [2.24, 2.45) is 0 Å². The summed E-state index contributed by atoms with van der Waals surface area (Å²) in [7, 11) is 0. The van der Waals surface area contributed by atoms with E-state index in [-0.39, 0.29) is 11.7 Å². The van der Waals surface area contributed by atoms with Gasteiger partial charge in [0, 0.05) is 36.0 Å². The molecular formula is C18H16N4O2. The number of nitrogens with zero attached hydrogens (tertiary/aromatic N) is 2. The van der Waals surface area contributed by atoms with Crippen molar-refractivity contribution >= 4 is 5.91 Å². The molecule has 6 heteroatoms. The van der Waals surface area contributed by atoms with Crippen molar-refractivity contribution < 1.29 is 9.90 Å². The van der Waals surface area contributed by atoms with E-state index in [1.54, 1.807) is 24.4 Å². The van der Waals surface area contributed by atoms with E-state index in [0.29, 0.717) is 23.6 Å². The molecule has 0 spiro atoms. The van der Waals surface area contributed by atoms with Crippen molar-refractivity contribution in [1.82, 2.24) is 20.3 Å². The molecule has 0 atom stereocenters. The van der Waals surface area contributed by atoms with Crippen molar-refractivity contribution in [2.75, 3.05) is 6.54 Å². The number of hydrogen-bond donors (Lipinski definition) is 3. The van der Waals surface area contributed by atoms with E-state index in [2.05, 4.69) is 20.3 Å². The first kappa shape index (κ1) is 14.4. The average Bonchev–Trinajstić information content (AvgIpc) is 3.03. The van der Waals surface area contributed by atoms with Gasteiger partial charge in [-0.2, -0.15) is 0 Å². The molecule has 1 aromatic carbocycles. The molecule has 3 heterocycles. The van der Waals surface area contributed by atoms with Gasteiger partial charge >= 0.3 is 0 Å². The summed E-state index contributed by atoms with van der Waals surface area (Å²) in [5.41, 5.74) is 4.63. The minimum Gasteiger partial charge on any atom is -0.508 e. The lowest BCUT2D eigenvalue weighted by atomic mass is 10.1. The molecule has 6 nitrogen and oxygen atoms in total. The van der Waals surface area contributed by atoms with Crippen molar-refractivity contribution in [3.63, 3.8) is 0 Å². The first-order valence-electron chi connectivity index (χ1n) is 7.76. The molecule has 1 aliphatic rings. The molecule has 0 fully saturated rings. The zero-order chi connectivity index (χ0) is 16.7. The summed E-state index contributed by atoms with van der Waals surface area (Å²) in [6.07, 6.45) is 2.46. The highest BCUT2D eigenvalue weighted by atomic mass is 16.3. The third-order valence-electron chi connectivity index (χ3n) is 4.28. The standard InChI is InChI=1S/C18H16N4O2/c1-10-11(3-2-4-16(10)23)17-19-7-6-14(22-17)15-9-12-13(21-15)5-8-20-18(12)24/h2-4,6-7,9,21,23H,5,8H2,1H3,(H,20,24). The SMILES string of the molecule is Cc1c(O)cccc1-c1nccc(-c2cc3c([nH]2)CCNC3=O)n1. The summed E-state index contributed by atoms with van der Waals surface area (Å²) in [4.78, 5) is 24.1. The van der Waals surface area contributed by atoms with Gasteiger partial charge < -0.3 is 15.4 Å². The van der Waals surface area contributed by atoms with Crippen LogP contribution in [-0.4, -0.2) is 32.5 Å². The Hall–Kier alpha value is -3.15. The van der Waals surface area contributed by atoms with E-state index in [1.807, 2.05) is 19.1 Å². The molecule has 0 saturated carbocycles. The van der Waals surface area contributed by atoms with Gasteiger partial charge in [-0.1, -0.05) is 12.1 Å². The van der Waals surface area contributed by atoms with Crippen LogP contribution in [0.5, 0.6) is 5.75 Å². The fraction of sp³-hybridized carbons (Fsp3) is 0.167. The zero-order valence-electron chi connectivity index (χ0n) is 13.1. The van der Waals surface area contributed by atoms with Gasteiger partial charge in [-0.3, -0.25) is 4.79 Å². The molecule has 0 radical (unpaired) electrons. The Bertz CT molecular complexity index is 946. The molecule has 1 aliphatic heterocycles. The summed E-state index contributed by atoms with van der Waals surface area (Å²) in [5.74, 6) is 0.697. The third-order valence-corrected chi connectivity index (χ3v) is 4.28. The number of rotatable bonds is 2. The Morgan fingerprint density at radius 1 is 1.21 bits per heavy atom. The first-order chi connectivity index (χ1) is 11.6. The van der Waals surface area contributed by atoms with Crippen molar-refractivity contribution in [3.05, 3.63) is 53.3 Å². The number of aromatic amines is 1. The molecule has 0 bridgehead atoms. The van der Waals surface area contributed by atoms with Crippen LogP contribution in [0.3, 0.4) is 0 Å². The summed E-state index contributed by atoms with van der Waals surface area (Å²) in [5, 5.41) is 12.7. The summed E-state index contributed by atoms with van der Waals surface area (Å²) in [6, 6.07) is 8.91. The normalized spacial score (nSPS) is 13.5. The first-order valence-corrected chi connectivity index (χ1v) is 7.76. The molecule has 1 amide bonds. The Balaban J connectivity index is 1.78. The van der Waals surface area contributed by atoms with Crippen LogP contribution in [0, 0.1) is 6.92 Å². The Morgan fingerprint density at radius 3 is 2.92 bits per heavy atom. The molecule has 0 unspecified atom stereocenters. The maximum atomic E-state index is 11.9. The number of phenols is 1. The number of aromatic nitrogens is 3. The predicted octanol–water partition coefficient (Wildman–Crippen LogP) is 2.44. The Kier molecular flexibility index (Phi) is 3.30. The van der Waals surface area contributed by atoms with E-state index < -0.39 is 0 Å². The van der Waals surface area contributed by atoms with Crippen LogP contribution >= 0.6 is 0 Å². The van der Waals surface area contributed by atoms with Gasteiger partial charge in [0.15, 0.2) is 5.82 Å². The number of amides is 1. The second-order valence-corrected chi connectivity index (χ2v) is 5.80. The molecule has 4 rings (SSSR count). The fourth-order valence-corrected chi connectivity index (χ4v) is 2.94. The van der Waals surface area contributed by atoms with E-state index in [1.165, 1.54) is 0 Å². The van der Waals surface area contributed by atoms with E-state index in [4.69, 9.17) is 0 Å². The number of phenolic OH excluding ortho intramolecular Hbond substituents is 1. The number of carbonyl (C=O) groups is 1. The fourth-order valence-electron chi connectivity index (χ4n) is 2.94. The molecular weight excluding hydrogens is 304 g/mol. The number of benzene rings is 1. The lowest BCUT2D eigenvalue weighted by Crippen LogP contribution is -2.31. The van der Waals surface area contributed by atoms with Gasteiger partial charge in [-0.25, -0.2) is 9.97 Å². The maximum Gasteiger partial charge on any atom is 0.253 e. The molecule has 24 heavy (non-hydrogen) atoms. The van der Waals surface area contributed by atoms with Crippen LogP contribution in [0.4, 0.5) is 0 Å². The average molecular weight is 320 g/mol. The minimum absolute atomic E-state index is 0.0585. The Morgan fingerprint density at radius 2 is 2.08 bits per heavy atom. The van der Waals surface area contributed by atoms with E-state index >= 15 is 0 Å². The number of aromatic hydroxyl groups is 1. The smallest absolute Gasteiger partial charge is 0.253 e. The predicted molar refractivity (Wildman–Crippen MR) is 89.7 cm³/mol. The van der Waals surface area contributed by atoms with Crippen molar-refractivity contribution in [2.45, 2.75) is 13.3 Å². The van der Waals surface area contributed by atoms with Crippen LogP contribution in [0.15, 0.2) is 36.5 Å². The number of carbonyl (C=O) groups excluding carboxylic acids is 1. The Labute approximate surface area is 138 Å². The highest BCUT2D eigenvalue weighted by Gasteiger charge is 2.20. The van der Waals surface area contributed by atoms with E-state index in [0.717, 1.165) is 28.9 Å². The minimum atomic E-state index is -0.0585. The summed E-state index contributed by atoms with van der Waals surface area (Å²) >= 11 is 0.